The molecule has 5 rings (SSSR count). The monoisotopic (exact) mass is 970 g/mol. The normalized spacial score (nSPS) is 15.4. The number of aromatic nitrogens is 5. The lowest BCUT2D eigenvalue weighted by molar-refractivity contribution is -0.136. The summed E-state index contributed by atoms with van der Waals surface area (Å²) in [6.45, 7) is 4.12. The van der Waals surface area contributed by atoms with E-state index in [1.807, 2.05) is 0 Å². The van der Waals surface area contributed by atoms with Gasteiger partial charge in [-0.1, -0.05) is 46.1 Å². The van der Waals surface area contributed by atoms with E-state index in [0.29, 0.717) is 78.1 Å². The summed E-state index contributed by atoms with van der Waals surface area (Å²) < 4.78 is 38.1. The highest BCUT2D eigenvalue weighted by Gasteiger charge is 2.46. The van der Waals surface area contributed by atoms with Crippen LogP contribution in [0.2, 0.25) is 0 Å². The first kappa shape index (κ1) is 50.7. The Bertz CT molecular complexity index is 2050. The van der Waals surface area contributed by atoms with Gasteiger partial charge in [0.1, 0.15) is 24.1 Å². The van der Waals surface area contributed by atoms with Crippen LogP contribution >= 0.6 is 34.8 Å². The number of anilines is 1. The third kappa shape index (κ3) is 16.9. The Balaban J connectivity index is 0.788. The zero-order valence-corrected chi connectivity index (χ0v) is 37.3. The molecule has 6 amide bonds. The van der Waals surface area contributed by atoms with Crippen LogP contribution in [0.25, 0.3) is 0 Å². The predicted molar refractivity (Wildman–Crippen MR) is 228 cm³/mol. The minimum atomic E-state index is -1.92. The standard InChI is InChI=1S/C39H49Cl3N10O13/c40-39(41,42)36(47-37-44-9-2-10-45-37)48-38(58)64-13-3-11-43-30(53)8-14-59-16-18-61-20-22-63-23-21-62-19-17-60-15-12-51-24-26(49-50-51)25-65-29-5-1-4-27-32(29)35(57)52(34(27)56)28-6-7-31(54)46-33(28)55/h1-2,4-5,9-10,24,28,36H,3,6-8,11-23,25H2,(H,43,53)(H,48,58)(H,44,45,47)(H,46,54,55). The Hall–Kier alpha value is -5.27. The molecule has 2 aliphatic rings. The fraction of sp³-hybridized carbons (Fsp3) is 0.538. The van der Waals surface area contributed by atoms with Crippen molar-refractivity contribution in [1.82, 2.24) is 45.8 Å². The number of alkyl carbamates (subject to hydrolysis) is 1. The topological polar surface area (TPSA) is 275 Å². The Morgan fingerprint density at radius 2 is 1.51 bits per heavy atom. The van der Waals surface area contributed by atoms with Crippen molar-refractivity contribution < 1.29 is 61.9 Å². The number of imide groups is 2. The lowest BCUT2D eigenvalue weighted by Crippen LogP contribution is -2.54. The molecule has 4 N–H and O–H groups in total. The highest BCUT2D eigenvalue weighted by Crippen LogP contribution is 2.34. The van der Waals surface area contributed by atoms with Crippen molar-refractivity contribution in [2.45, 2.75) is 54.8 Å². The van der Waals surface area contributed by atoms with E-state index in [2.05, 4.69) is 41.5 Å². The maximum absolute atomic E-state index is 13.3. The number of hydrogen-bond acceptors (Lipinski definition) is 18. The van der Waals surface area contributed by atoms with Crippen LogP contribution in [-0.4, -0.2) is 161 Å². The van der Waals surface area contributed by atoms with Crippen LogP contribution in [0.1, 0.15) is 52.1 Å². The van der Waals surface area contributed by atoms with Crippen molar-refractivity contribution in [2.75, 3.05) is 84.5 Å². The van der Waals surface area contributed by atoms with Gasteiger partial charge in [0.05, 0.1) is 96.5 Å². The van der Waals surface area contributed by atoms with Crippen LogP contribution in [0.5, 0.6) is 5.75 Å². The molecule has 2 unspecified atom stereocenters. The molecule has 2 aromatic heterocycles. The Kier molecular flexibility index (Phi) is 20.8. The van der Waals surface area contributed by atoms with Crippen LogP contribution in [0, 0.1) is 0 Å². The third-order valence-electron chi connectivity index (χ3n) is 9.12. The zero-order valence-electron chi connectivity index (χ0n) is 35.0. The molecule has 354 valence electrons. The number of benzene rings is 1. The van der Waals surface area contributed by atoms with Crippen molar-refractivity contribution >= 4 is 76.4 Å². The van der Waals surface area contributed by atoms with Gasteiger partial charge in [0.2, 0.25) is 27.5 Å². The number of piperidine rings is 1. The molecule has 3 aromatic rings. The van der Waals surface area contributed by atoms with E-state index in [1.165, 1.54) is 18.5 Å². The average molecular weight is 972 g/mol. The van der Waals surface area contributed by atoms with Gasteiger partial charge in [0.15, 0.2) is 6.17 Å². The maximum Gasteiger partial charge on any atom is 0.408 e. The van der Waals surface area contributed by atoms with Crippen LogP contribution in [0.4, 0.5) is 10.7 Å². The number of halogens is 3. The summed E-state index contributed by atoms with van der Waals surface area (Å²) >= 11 is 17.8. The Morgan fingerprint density at radius 1 is 0.846 bits per heavy atom. The first-order valence-electron chi connectivity index (χ1n) is 20.5. The Morgan fingerprint density at radius 3 is 2.17 bits per heavy atom. The van der Waals surface area contributed by atoms with Crippen LogP contribution in [0.15, 0.2) is 42.9 Å². The van der Waals surface area contributed by atoms with Crippen molar-refractivity contribution in [3.8, 4) is 5.75 Å². The second-order valence-electron chi connectivity index (χ2n) is 13.9. The van der Waals surface area contributed by atoms with E-state index >= 15 is 0 Å². The van der Waals surface area contributed by atoms with Gasteiger partial charge < -0.3 is 43.8 Å². The number of ether oxygens (including phenoxy) is 7. The summed E-state index contributed by atoms with van der Waals surface area (Å²) in [5.41, 5.74) is 0.653. The van der Waals surface area contributed by atoms with Crippen LogP contribution in [-0.2, 0) is 56.0 Å². The second kappa shape index (κ2) is 26.6. The molecule has 2 aliphatic heterocycles. The highest BCUT2D eigenvalue weighted by atomic mass is 35.6. The molecule has 0 saturated carbocycles. The number of fused-ring (bicyclic) bond motifs is 1. The van der Waals surface area contributed by atoms with Crippen LogP contribution in [0.3, 0.4) is 0 Å². The summed E-state index contributed by atoms with van der Waals surface area (Å²) in [5.74, 6) is -2.33. The van der Waals surface area contributed by atoms with Crippen molar-refractivity contribution in [1.29, 1.82) is 0 Å². The summed E-state index contributed by atoms with van der Waals surface area (Å²) in [7, 11) is 0. The minimum Gasteiger partial charge on any atom is -0.486 e. The number of carbonyl (C=O) groups excluding carboxylic acids is 6. The summed E-state index contributed by atoms with van der Waals surface area (Å²) in [6.07, 6.45) is 3.21. The van der Waals surface area contributed by atoms with Gasteiger partial charge in [-0.3, -0.25) is 39.5 Å². The van der Waals surface area contributed by atoms with Gasteiger partial charge in [-0.05, 0) is 31.0 Å². The number of alkyl halides is 3. The lowest BCUT2D eigenvalue weighted by Gasteiger charge is -2.27. The molecular formula is C39H49Cl3N10O13. The van der Waals surface area contributed by atoms with E-state index in [9.17, 15) is 28.8 Å². The molecule has 0 aliphatic carbocycles. The van der Waals surface area contributed by atoms with E-state index in [1.54, 1.807) is 29.1 Å². The molecule has 1 aromatic carbocycles. The zero-order chi connectivity index (χ0) is 46.4. The van der Waals surface area contributed by atoms with Gasteiger partial charge in [-0.2, -0.15) is 0 Å². The summed E-state index contributed by atoms with van der Waals surface area (Å²) in [4.78, 5) is 83.2. The van der Waals surface area contributed by atoms with Gasteiger partial charge in [0, 0.05) is 31.8 Å². The molecule has 2 atom stereocenters. The van der Waals surface area contributed by atoms with Crippen LogP contribution < -0.4 is 26.0 Å². The van der Waals surface area contributed by atoms with Gasteiger partial charge in [-0.25, -0.2) is 19.4 Å². The minimum absolute atomic E-state index is 0.00767. The largest absolute Gasteiger partial charge is 0.486 e. The Labute approximate surface area is 387 Å². The molecular weight excluding hydrogens is 923 g/mol. The summed E-state index contributed by atoms with van der Waals surface area (Å²) in [6, 6.07) is 5.16. The molecule has 1 fully saturated rings. The quantitative estimate of drug-likeness (QED) is 0.0333. The number of rotatable bonds is 29. The number of nitrogens with one attached hydrogen (secondary N) is 4. The molecule has 26 heteroatoms. The number of carbonyl (C=O) groups is 6. The van der Waals surface area contributed by atoms with E-state index in [4.69, 9.17) is 68.0 Å². The van der Waals surface area contributed by atoms with Gasteiger partial charge in [0.25, 0.3) is 11.8 Å². The molecule has 0 radical (unpaired) electrons. The van der Waals surface area contributed by atoms with Crippen molar-refractivity contribution in [3.05, 3.63) is 59.7 Å². The lowest BCUT2D eigenvalue weighted by atomic mass is 10.0. The summed E-state index contributed by atoms with van der Waals surface area (Å²) in [5, 5.41) is 18.1. The number of hydrogen-bond donors (Lipinski definition) is 4. The van der Waals surface area contributed by atoms with Crippen molar-refractivity contribution in [2.24, 2.45) is 0 Å². The average Bonchev–Trinajstić information content (AvgIpc) is 3.84. The third-order valence-corrected chi connectivity index (χ3v) is 9.78. The number of nitrogens with zero attached hydrogens (tertiary/aromatic N) is 6. The van der Waals surface area contributed by atoms with E-state index in [-0.39, 0.29) is 74.4 Å². The molecule has 0 bridgehead atoms. The smallest absolute Gasteiger partial charge is 0.408 e. The molecule has 4 heterocycles. The molecule has 23 nitrogen and oxygen atoms in total. The fourth-order valence-corrected chi connectivity index (χ4v) is 6.32. The van der Waals surface area contributed by atoms with E-state index < -0.39 is 45.7 Å². The number of amides is 6. The predicted octanol–water partition coefficient (Wildman–Crippen LogP) is 1.56. The van der Waals surface area contributed by atoms with Crippen molar-refractivity contribution in [3.63, 3.8) is 0 Å². The maximum atomic E-state index is 13.3. The highest BCUT2D eigenvalue weighted by molar-refractivity contribution is 6.68. The van der Waals surface area contributed by atoms with E-state index in [0.717, 1.165) is 4.90 Å². The first-order chi connectivity index (χ1) is 31.4. The molecule has 65 heavy (non-hydrogen) atoms. The first-order valence-corrected chi connectivity index (χ1v) is 21.6. The van der Waals surface area contributed by atoms with Gasteiger partial charge in [-0.15, -0.1) is 5.10 Å². The fourth-order valence-electron chi connectivity index (χ4n) is 5.99. The second-order valence-corrected chi connectivity index (χ2v) is 16.2. The molecule has 0 spiro atoms. The molecule has 1 saturated heterocycles. The van der Waals surface area contributed by atoms with Gasteiger partial charge >= 0.3 is 6.09 Å². The SMILES string of the molecule is O=C(CCOCCOCCOCCOCCOCCn1cc(COc2cccc3c2C(=O)N(C2CCC(=O)NC2=O)C3=O)nn1)NCCCOC(=O)NC(Nc1ncccn1)C(Cl)(Cl)Cl.